The monoisotopic (exact) mass is 193 g/mol. The van der Waals surface area contributed by atoms with Crippen LogP contribution in [-0.4, -0.2) is 10.1 Å². The van der Waals surface area contributed by atoms with Crippen molar-refractivity contribution in [1.82, 2.24) is 4.98 Å². The van der Waals surface area contributed by atoms with Gasteiger partial charge in [0.25, 0.3) is 0 Å². The van der Waals surface area contributed by atoms with Gasteiger partial charge in [0.05, 0.1) is 6.10 Å². The molecule has 0 aliphatic carbocycles. The normalized spacial score (nSPS) is 14.1. The summed E-state index contributed by atoms with van der Waals surface area (Å²) in [5.74, 6) is 0. The van der Waals surface area contributed by atoms with Crippen molar-refractivity contribution in [2.24, 2.45) is 5.41 Å². The molecule has 0 saturated heterocycles. The van der Waals surface area contributed by atoms with Crippen molar-refractivity contribution in [3.63, 3.8) is 0 Å². The van der Waals surface area contributed by atoms with Crippen molar-refractivity contribution in [2.75, 3.05) is 0 Å². The summed E-state index contributed by atoms with van der Waals surface area (Å²) in [5.41, 5.74) is 1.96. The van der Waals surface area contributed by atoms with Crippen LogP contribution in [-0.2, 0) is 0 Å². The highest BCUT2D eigenvalue weighted by atomic mass is 16.3. The van der Waals surface area contributed by atoms with E-state index in [0.29, 0.717) is 0 Å². The molecule has 0 aromatic carbocycles. The first-order valence-corrected chi connectivity index (χ1v) is 5.07. The molecule has 0 radical (unpaired) electrons. The standard InChI is InChI=1S/C12H19NO/c1-5-12(3,4)11(14)10-8-13-7-6-9(10)2/h6-8,11,14H,5H2,1-4H3. The first-order valence-electron chi connectivity index (χ1n) is 5.07. The maximum absolute atomic E-state index is 10.2. The van der Waals surface area contributed by atoms with Gasteiger partial charge in [-0.2, -0.15) is 0 Å². The molecule has 0 amide bonds. The summed E-state index contributed by atoms with van der Waals surface area (Å²) in [5, 5.41) is 10.2. The lowest BCUT2D eigenvalue weighted by Crippen LogP contribution is -2.21. The van der Waals surface area contributed by atoms with Crippen LogP contribution in [0.25, 0.3) is 0 Å². The fraction of sp³-hybridized carbons (Fsp3) is 0.583. The lowest BCUT2D eigenvalue weighted by Gasteiger charge is -2.30. The third-order valence-corrected chi connectivity index (χ3v) is 3.03. The van der Waals surface area contributed by atoms with Crippen LogP contribution in [0.2, 0.25) is 0 Å². The second kappa shape index (κ2) is 4.09. The van der Waals surface area contributed by atoms with Crippen LogP contribution in [0.3, 0.4) is 0 Å². The Morgan fingerprint density at radius 2 is 2.14 bits per heavy atom. The molecule has 78 valence electrons. The smallest absolute Gasteiger partial charge is 0.0858 e. The van der Waals surface area contributed by atoms with Gasteiger partial charge < -0.3 is 5.11 Å². The molecule has 14 heavy (non-hydrogen) atoms. The fourth-order valence-electron chi connectivity index (χ4n) is 1.38. The van der Waals surface area contributed by atoms with E-state index in [9.17, 15) is 5.11 Å². The summed E-state index contributed by atoms with van der Waals surface area (Å²) >= 11 is 0. The molecule has 1 aromatic rings. The molecular formula is C12H19NO. The van der Waals surface area contributed by atoms with Crippen molar-refractivity contribution in [2.45, 2.75) is 40.2 Å². The van der Waals surface area contributed by atoms with Gasteiger partial charge >= 0.3 is 0 Å². The maximum atomic E-state index is 10.2. The molecule has 0 fully saturated rings. The van der Waals surface area contributed by atoms with E-state index in [-0.39, 0.29) is 5.41 Å². The lowest BCUT2D eigenvalue weighted by molar-refractivity contribution is 0.0458. The maximum Gasteiger partial charge on any atom is 0.0858 e. The highest BCUT2D eigenvalue weighted by molar-refractivity contribution is 5.25. The Morgan fingerprint density at radius 1 is 1.50 bits per heavy atom. The Bertz CT molecular complexity index is 307. The second-order valence-corrected chi connectivity index (χ2v) is 4.48. The summed E-state index contributed by atoms with van der Waals surface area (Å²) in [7, 11) is 0. The highest BCUT2D eigenvalue weighted by Gasteiger charge is 2.28. The van der Waals surface area contributed by atoms with Crippen molar-refractivity contribution in [3.8, 4) is 0 Å². The molecule has 1 N–H and O–H groups in total. The molecule has 1 unspecified atom stereocenters. The first kappa shape index (κ1) is 11.2. The third kappa shape index (κ3) is 2.13. The number of aryl methyl sites for hydroxylation is 1. The second-order valence-electron chi connectivity index (χ2n) is 4.48. The van der Waals surface area contributed by atoms with Crippen LogP contribution in [0.1, 0.15) is 44.4 Å². The largest absolute Gasteiger partial charge is 0.388 e. The zero-order valence-electron chi connectivity index (χ0n) is 9.41. The molecule has 1 rings (SSSR count). The van der Waals surface area contributed by atoms with Gasteiger partial charge in [-0.3, -0.25) is 4.98 Å². The fourth-order valence-corrected chi connectivity index (χ4v) is 1.38. The summed E-state index contributed by atoms with van der Waals surface area (Å²) in [6.45, 7) is 8.25. The summed E-state index contributed by atoms with van der Waals surface area (Å²) in [4.78, 5) is 4.05. The van der Waals surface area contributed by atoms with Gasteiger partial charge in [0.15, 0.2) is 0 Å². The van der Waals surface area contributed by atoms with E-state index in [4.69, 9.17) is 0 Å². The Labute approximate surface area is 86.0 Å². The molecule has 1 aromatic heterocycles. The minimum atomic E-state index is -0.429. The van der Waals surface area contributed by atoms with Crippen LogP contribution < -0.4 is 0 Å². The van der Waals surface area contributed by atoms with E-state index in [1.54, 1.807) is 12.4 Å². The Kier molecular flexibility index (Phi) is 3.27. The summed E-state index contributed by atoms with van der Waals surface area (Å²) in [6, 6.07) is 1.93. The summed E-state index contributed by atoms with van der Waals surface area (Å²) < 4.78 is 0. The molecule has 0 spiro atoms. The number of nitrogens with zero attached hydrogens (tertiary/aromatic N) is 1. The average Bonchev–Trinajstić information content (AvgIpc) is 2.17. The van der Waals surface area contributed by atoms with E-state index < -0.39 is 6.10 Å². The molecule has 2 nitrogen and oxygen atoms in total. The van der Waals surface area contributed by atoms with Crippen molar-refractivity contribution >= 4 is 0 Å². The number of rotatable bonds is 3. The van der Waals surface area contributed by atoms with Gasteiger partial charge in [-0.05, 0) is 30.4 Å². The number of pyridine rings is 1. The SMILES string of the molecule is CCC(C)(C)C(O)c1cnccc1C. The molecule has 2 heteroatoms. The Balaban J connectivity index is 3.00. The van der Waals surface area contributed by atoms with Gasteiger partial charge in [-0.1, -0.05) is 20.8 Å². The van der Waals surface area contributed by atoms with Crippen LogP contribution >= 0.6 is 0 Å². The predicted octanol–water partition coefficient (Wildman–Crippen LogP) is 2.86. The quantitative estimate of drug-likeness (QED) is 0.800. The van der Waals surface area contributed by atoms with Crippen LogP contribution in [0, 0.1) is 12.3 Å². The average molecular weight is 193 g/mol. The van der Waals surface area contributed by atoms with Gasteiger partial charge in [0.1, 0.15) is 0 Å². The molecule has 1 atom stereocenters. The molecule has 0 aliphatic rings. The molecule has 0 saturated carbocycles. The van der Waals surface area contributed by atoms with Crippen LogP contribution in [0.15, 0.2) is 18.5 Å². The van der Waals surface area contributed by atoms with E-state index in [1.807, 2.05) is 13.0 Å². The lowest BCUT2D eigenvalue weighted by atomic mass is 9.80. The highest BCUT2D eigenvalue weighted by Crippen LogP contribution is 2.36. The minimum absolute atomic E-state index is 0.0895. The molecular weight excluding hydrogens is 174 g/mol. The third-order valence-electron chi connectivity index (χ3n) is 3.03. The minimum Gasteiger partial charge on any atom is -0.388 e. The van der Waals surface area contributed by atoms with Gasteiger partial charge in [-0.25, -0.2) is 0 Å². The van der Waals surface area contributed by atoms with Crippen LogP contribution in [0.5, 0.6) is 0 Å². The molecule has 0 aliphatic heterocycles. The number of aliphatic hydroxyl groups is 1. The van der Waals surface area contributed by atoms with Crippen LogP contribution in [0.4, 0.5) is 0 Å². The zero-order chi connectivity index (χ0) is 10.8. The van der Waals surface area contributed by atoms with Gasteiger partial charge in [0.2, 0.25) is 0 Å². The van der Waals surface area contributed by atoms with E-state index >= 15 is 0 Å². The zero-order valence-corrected chi connectivity index (χ0v) is 9.41. The molecule has 0 bridgehead atoms. The number of aromatic nitrogens is 1. The van der Waals surface area contributed by atoms with E-state index in [2.05, 4.69) is 25.8 Å². The van der Waals surface area contributed by atoms with Gasteiger partial charge in [0, 0.05) is 18.0 Å². The number of hydrogen-bond acceptors (Lipinski definition) is 2. The molecule has 1 heterocycles. The van der Waals surface area contributed by atoms with Gasteiger partial charge in [-0.15, -0.1) is 0 Å². The Morgan fingerprint density at radius 3 is 2.64 bits per heavy atom. The van der Waals surface area contributed by atoms with Crippen molar-refractivity contribution in [1.29, 1.82) is 0 Å². The van der Waals surface area contributed by atoms with Crippen molar-refractivity contribution < 1.29 is 5.11 Å². The Hall–Kier alpha value is -0.890. The summed E-state index contributed by atoms with van der Waals surface area (Å²) in [6.07, 6.45) is 4.03. The number of aliphatic hydroxyl groups excluding tert-OH is 1. The van der Waals surface area contributed by atoms with E-state index in [0.717, 1.165) is 17.5 Å². The topological polar surface area (TPSA) is 33.1 Å². The number of hydrogen-bond donors (Lipinski definition) is 1. The first-order chi connectivity index (χ1) is 6.49. The van der Waals surface area contributed by atoms with Crippen molar-refractivity contribution in [3.05, 3.63) is 29.6 Å². The predicted molar refractivity (Wildman–Crippen MR) is 58.0 cm³/mol. The van der Waals surface area contributed by atoms with E-state index in [1.165, 1.54) is 0 Å².